The number of nitrogens with one attached hydrogen (secondary N) is 2. The fourth-order valence-corrected chi connectivity index (χ4v) is 0.298. The van der Waals surface area contributed by atoms with Crippen molar-refractivity contribution >= 4 is 17.3 Å². The van der Waals surface area contributed by atoms with Gasteiger partial charge in [-0.1, -0.05) is 5.59 Å². The molecule has 1 aliphatic heterocycles. The summed E-state index contributed by atoms with van der Waals surface area (Å²) >= 11 is 4.52. The third kappa shape index (κ3) is 0.649. The van der Waals surface area contributed by atoms with Crippen molar-refractivity contribution in [2.45, 2.75) is 0 Å². The summed E-state index contributed by atoms with van der Waals surface area (Å²) in [5.74, 6) is 0. The second-order valence-corrected chi connectivity index (χ2v) is 1.21. The summed E-state index contributed by atoms with van der Waals surface area (Å²) in [6.45, 7) is 1.55. The highest BCUT2D eigenvalue weighted by Crippen LogP contribution is 1.84. The third-order valence-electron chi connectivity index (χ3n) is 0.401. The average Bonchev–Trinajstić information content (AvgIpc) is 1.86. The Morgan fingerprint density at radius 2 is 2.67 bits per heavy atom. The van der Waals surface area contributed by atoms with E-state index in [9.17, 15) is 0 Å². The molecule has 33 valence electrons. The minimum atomic E-state index is 0.440. The molecule has 1 fully saturated rings. The van der Waals surface area contributed by atoms with E-state index in [-0.39, 0.29) is 0 Å². The fraction of sp³-hybridized carbons (Fsp3) is 0. The van der Waals surface area contributed by atoms with E-state index < -0.39 is 0 Å². The van der Waals surface area contributed by atoms with Crippen molar-refractivity contribution in [3.63, 3.8) is 0 Å². The Kier molecular flexibility index (Phi) is 0.999. The van der Waals surface area contributed by atoms with Crippen LogP contribution in [0.15, 0.2) is 0 Å². The lowest BCUT2D eigenvalue weighted by Gasteiger charge is -1.83. The summed E-state index contributed by atoms with van der Waals surface area (Å²) in [5, 5.41) is 0.440. The van der Waals surface area contributed by atoms with Gasteiger partial charge in [-0.2, -0.15) is 0 Å². The SMILES string of the molecule is S=C1[CH]NNO1. The Balaban J connectivity index is 2.37. The Morgan fingerprint density at radius 3 is 2.83 bits per heavy atom. The Hall–Kier alpha value is -0.190. The highest BCUT2D eigenvalue weighted by molar-refractivity contribution is 7.80. The lowest BCUT2D eigenvalue weighted by Crippen LogP contribution is -2.17. The maximum Gasteiger partial charge on any atom is 0.209 e. The molecule has 1 aliphatic rings. The van der Waals surface area contributed by atoms with Crippen LogP contribution in [0.3, 0.4) is 0 Å². The lowest BCUT2D eigenvalue weighted by atomic mass is 10.7. The van der Waals surface area contributed by atoms with Crippen LogP contribution >= 0.6 is 12.2 Å². The average molecular weight is 103 g/mol. The Morgan fingerprint density at radius 1 is 1.83 bits per heavy atom. The van der Waals surface area contributed by atoms with E-state index in [2.05, 4.69) is 28.1 Å². The minimum Gasteiger partial charge on any atom is -0.385 e. The number of hydrogen-bond acceptors (Lipinski definition) is 4. The molecule has 0 amide bonds. The first-order valence-corrected chi connectivity index (χ1v) is 1.85. The van der Waals surface area contributed by atoms with Gasteiger partial charge < -0.3 is 4.84 Å². The first-order chi connectivity index (χ1) is 2.89. The minimum absolute atomic E-state index is 0.440. The summed E-state index contributed by atoms with van der Waals surface area (Å²) in [6, 6.07) is 0. The third-order valence-corrected chi connectivity index (χ3v) is 0.602. The summed E-state index contributed by atoms with van der Waals surface area (Å²) < 4.78 is 0. The molecule has 2 N–H and O–H groups in total. The molecular formula is C2H3N2OS. The van der Waals surface area contributed by atoms with Crippen LogP contribution in [0.4, 0.5) is 0 Å². The molecule has 1 rings (SSSR count). The molecule has 3 nitrogen and oxygen atoms in total. The van der Waals surface area contributed by atoms with Crippen LogP contribution < -0.4 is 11.0 Å². The molecule has 0 spiro atoms. The molecular weight excluding hydrogens is 100 g/mol. The van der Waals surface area contributed by atoms with Gasteiger partial charge in [-0.15, -0.1) is 0 Å². The van der Waals surface area contributed by atoms with Crippen LogP contribution in [0.2, 0.25) is 0 Å². The maximum absolute atomic E-state index is 4.52. The van der Waals surface area contributed by atoms with Gasteiger partial charge in [0.05, 0.1) is 0 Å². The van der Waals surface area contributed by atoms with Crippen molar-refractivity contribution in [1.29, 1.82) is 0 Å². The lowest BCUT2D eigenvalue weighted by molar-refractivity contribution is 0.191. The van der Waals surface area contributed by atoms with Crippen molar-refractivity contribution in [3.05, 3.63) is 6.54 Å². The Labute approximate surface area is 40.6 Å². The topological polar surface area (TPSA) is 33.3 Å². The van der Waals surface area contributed by atoms with Crippen LogP contribution in [0.5, 0.6) is 0 Å². The van der Waals surface area contributed by atoms with E-state index >= 15 is 0 Å². The van der Waals surface area contributed by atoms with Gasteiger partial charge in [0, 0.05) is 0 Å². The molecule has 6 heavy (non-hydrogen) atoms. The molecule has 4 heteroatoms. The summed E-state index contributed by atoms with van der Waals surface area (Å²) in [7, 11) is 0. The van der Waals surface area contributed by atoms with E-state index in [0.29, 0.717) is 5.05 Å². The first-order valence-electron chi connectivity index (χ1n) is 1.44. The van der Waals surface area contributed by atoms with Crippen LogP contribution in [0.25, 0.3) is 0 Å². The monoisotopic (exact) mass is 103 g/mol. The van der Waals surface area contributed by atoms with Gasteiger partial charge in [0.1, 0.15) is 6.54 Å². The molecule has 0 aromatic rings. The van der Waals surface area contributed by atoms with E-state index in [0.717, 1.165) is 0 Å². The first kappa shape index (κ1) is 3.98. The molecule has 0 aromatic heterocycles. The number of hydrazine groups is 1. The predicted octanol–water partition coefficient (Wildman–Crippen LogP) is -0.485. The van der Waals surface area contributed by atoms with Gasteiger partial charge in [0.25, 0.3) is 0 Å². The molecule has 0 atom stereocenters. The summed E-state index contributed by atoms with van der Waals surface area (Å²) in [4.78, 5) is 4.47. The fourth-order valence-electron chi connectivity index (χ4n) is 0.198. The van der Waals surface area contributed by atoms with Crippen LogP contribution in [-0.4, -0.2) is 5.05 Å². The molecule has 0 aliphatic carbocycles. The van der Waals surface area contributed by atoms with Crippen molar-refractivity contribution < 1.29 is 4.84 Å². The predicted molar refractivity (Wildman–Crippen MR) is 24.3 cm³/mol. The van der Waals surface area contributed by atoms with Crippen LogP contribution in [0, 0.1) is 6.54 Å². The number of hydrogen-bond donors (Lipinski definition) is 2. The van der Waals surface area contributed by atoms with Gasteiger partial charge in [-0.25, -0.2) is 5.43 Å². The quantitative estimate of drug-likeness (QED) is 0.405. The zero-order valence-electron chi connectivity index (χ0n) is 2.89. The van der Waals surface area contributed by atoms with Gasteiger partial charge in [-0.05, 0) is 12.2 Å². The van der Waals surface area contributed by atoms with Gasteiger partial charge in [-0.3, -0.25) is 0 Å². The van der Waals surface area contributed by atoms with E-state index in [1.807, 2.05) is 0 Å². The zero-order valence-corrected chi connectivity index (χ0v) is 3.71. The smallest absolute Gasteiger partial charge is 0.209 e. The number of rotatable bonds is 0. The van der Waals surface area contributed by atoms with Crippen LogP contribution in [0.1, 0.15) is 0 Å². The summed E-state index contributed by atoms with van der Waals surface area (Å²) in [5.41, 5.74) is 4.86. The Bertz CT molecular complexity index is 65.9. The van der Waals surface area contributed by atoms with Crippen molar-refractivity contribution in [1.82, 2.24) is 11.0 Å². The van der Waals surface area contributed by atoms with E-state index in [4.69, 9.17) is 0 Å². The van der Waals surface area contributed by atoms with Gasteiger partial charge in [0.2, 0.25) is 5.05 Å². The standard InChI is InChI=1S/C2H3N2OS/c6-2-1-3-4-5-2/h1,3-4H. The maximum atomic E-state index is 4.52. The largest absolute Gasteiger partial charge is 0.385 e. The van der Waals surface area contributed by atoms with Gasteiger partial charge >= 0.3 is 0 Å². The van der Waals surface area contributed by atoms with Crippen molar-refractivity contribution in [2.75, 3.05) is 0 Å². The highest BCUT2D eigenvalue weighted by Gasteiger charge is 2.03. The van der Waals surface area contributed by atoms with E-state index in [1.54, 1.807) is 6.54 Å². The second-order valence-electron chi connectivity index (χ2n) is 0.812. The summed E-state index contributed by atoms with van der Waals surface area (Å²) in [6.07, 6.45) is 0. The molecule has 1 heterocycles. The van der Waals surface area contributed by atoms with Crippen molar-refractivity contribution in [3.8, 4) is 0 Å². The highest BCUT2D eigenvalue weighted by atomic mass is 32.1. The van der Waals surface area contributed by atoms with Gasteiger partial charge in [0.15, 0.2) is 0 Å². The van der Waals surface area contributed by atoms with Crippen LogP contribution in [-0.2, 0) is 4.84 Å². The molecule has 0 saturated carbocycles. The molecule has 0 aromatic carbocycles. The molecule has 1 radical (unpaired) electrons. The molecule has 1 saturated heterocycles. The second kappa shape index (κ2) is 1.51. The van der Waals surface area contributed by atoms with E-state index in [1.165, 1.54) is 0 Å². The molecule has 0 bridgehead atoms. The number of thiocarbonyl (C=S) groups is 1. The molecule has 0 unspecified atom stereocenters. The zero-order chi connectivity index (χ0) is 4.41. The normalized spacial score (nSPS) is 21.0. The van der Waals surface area contributed by atoms with Crippen molar-refractivity contribution in [2.24, 2.45) is 0 Å².